The van der Waals surface area contributed by atoms with E-state index in [4.69, 9.17) is 0 Å². The first-order valence-corrected chi connectivity index (χ1v) is 8.81. The molecule has 4 rings (SSSR count). The summed E-state index contributed by atoms with van der Waals surface area (Å²) in [6.45, 7) is 0.739. The van der Waals surface area contributed by atoms with E-state index in [0.29, 0.717) is 25.2 Å². The Kier molecular flexibility index (Phi) is 3.07. The van der Waals surface area contributed by atoms with Gasteiger partial charge in [-0.3, -0.25) is 4.79 Å². The third-order valence-electron chi connectivity index (χ3n) is 4.41. The van der Waals surface area contributed by atoms with Crippen LogP contribution in [-0.2, 0) is 41.3 Å². The molecule has 0 saturated heterocycles. The topological polar surface area (TPSA) is 84.3 Å². The van der Waals surface area contributed by atoms with Crippen molar-refractivity contribution in [2.45, 2.75) is 24.3 Å². The van der Waals surface area contributed by atoms with Gasteiger partial charge in [0.25, 0.3) is 0 Å². The van der Waals surface area contributed by atoms with Crippen molar-refractivity contribution in [1.29, 1.82) is 0 Å². The Balaban J connectivity index is 1.68. The molecule has 0 spiro atoms. The highest BCUT2D eigenvalue weighted by molar-refractivity contribution is 7.89. The van der Waals surface area contributed by atoms with Crippen LogP contribution < -0.4 is 5.32 Å². The molecule has 0 atom stereocenters. The minimum Gasteiger partial charge on any atom is -0.336 e. The van der Waals surface area contributed by atoms with E-state index in [2.05, 4.69) is 10.3 Å². The van der Waals surface area contributed by atoms with Gasteiger partial charge < -0.3 is 9.88 Å². The van der Waals surface area contributed by atoms with Crippen LogP contribution in [-0.4, -0.2) is 34.7 Å². The number of imidazole rings is 1. The van der Waals surface area contributed by atoms with Crippen molar-refractivity contribution in [2.75, 3.05) is 11.9 Å². The summed E-state index contributed by atoms with van der Waals surface area (Å²) < 4.78 is 29.1. The maximum atomic E-state index is 12.9. The number of fused-ring (bicyclic) bond motifs is 2. The summed E-state index contributed by atoms with van der Waals surface area (Å²) in [6, 6.07) is 4.81. The fourth-order valence-electron chi connectivity index (χ4n) is 3.11. The van der Waals surface area contributed by atoms with Gasteiger partial charge >= 0.3 is 0 Å². The zero-order chi connectivity index (χ0) is 16.2. The Bertz CT molecular complexity index is 917. The molecule has 0 fully saturated rings. The monoisotopic (exact) mass is 332 g/mol. The van der Waals surface area contributed by atoms with E-state index in [1.165, 1.54) is 4.31 Å². The Hall–Kier alpha value is -2.19. The van der Waals surface area contributed by atoms with Crippen molar-refractivity contribution >= 4 is 21.6 Å². The van der Waals surface area contributed by atoms with Crippen LogP contribution in [0, 0.1) is 0 Å². The number of nitrogens with one attached hydrogen (secondary N) is 1. The molecule has 3 heterocycles. The number of hydrogen-bond donors (Lipinski definition) is 1. The number of sulfonamides is 1. The average molecular weight is 332 g/mol. The number of carbonyl (C=O) groups excluding carboxylic acids is 1. The van der Waals surface area contributed by atoms with E-state index >= 15 is 0 Å². The van der Waals surface area contributed by atoms with Gasteiger partial charge in [-0.2, -0.15) is 4.31 Å². The number of aromatic nitrogens is 2. The summed E-state index contributed by atoms with van der Waals surface area (Å²) in [6.07, 6.45) is 2.55. The molecule has 0 unspecified atom stereocenters. The van der Waals surface area contributed by atoms with Gasteiger partial charge in [0, 0.05) is 25.7 Å². The van der Waals surface area contributed by atoms with E-state index in [-0.39, 0.29) is 17.2 Å². The first-order valence-electron chi connectivity index (χ1n) is 7.37. The first kappa shape index (κ1) is 14.4. The molecule has 2 aromatic rings. The van der Waals surface area contributed by atoms with Gasteiger partial charge in [-0.25, -0.2) is 13.4 Å². The molecule has 8 heteroatoms. The Labute approximate surface area is 134 Å². The van der Waals surface area contributed by atoms with Crippen LogP contribution in [0.4, 0.5) is 5.69 Å². The molecule has 1 N–H and O–H groups in total. The normalized spacial score (nSPS) is 17.7. The summed E-state index contributed by atoms with van der Waals surface area (Å²) in [7, 11) is -1.72. The lowest BCUT2D eigenvalue weighted by atomic mass is 10.2. The van der Waals surface area contributed by atoms with E-state index in [9.17, 15) is 13.2 Å². The van der Waals surface area contributed by atoms with Crippen molar-refractivity contribution in [3.05, 3.63) is 41.5 Å². The van der Waals surface area contributed by atoms with Gasteiger partial charge in [-0.1, -0.05) is 0 Å². The third-order valence-corrected chi connectivity index (χ3v) is 6.25. The molecule has 1 aromatic carbocycles. The van der Waals surface area contributed by atoms with Crippen molar-refractivity contribution in [3.63, 3.8) is 0 Å². The third kappa shape index (κ3) is 2.25. The summed E-state index contributed by atoms with van der Waals surface area (Å²) >= 11 is 0. The number of benzene rings is 1. The molecule has 1 amide bonds. The SMILES string of the molecule is Cn1cnc2c1CN(S(=O)(=O)c1ccc3c(c1)CC(=O)N3)CC2. The second-order valence-electron chi connectivity index (χ2n) is 5.88. The van der Waals surface area contributed by atoms with Crippen LogP contribution in [0.2, 0.25) is 0 Å². The molecule has 1 aromatic heterocycles. The van der Waals surface area contributed by atoms with Gasteiger partial charge in [0.2, 0.25) is 15.9 Å². The Morgan fingerprint density at radius 3 is 2.96 bits per heavy atom. The summed E-state index contributed by atoms with van der Waals surface area (Å²) in [5, 5.41) is 2.71. The van der Waals surface area contributed by atoms with Crippen LogP contribution in [0.5, 0.6) is 0 Å². The van der Waals surface area contributed by atoms with E-state index in [1.54, 1.807) is 24.5 Å². The fraction of sp³-hybridized carbons (Fsp3) is 0.333. The second kappa shape index (κ2) is 4.90. The summed E-state index contributed by atoms with van der Waals surface area (Å²) in [4.78, 5) is 16.0. The molecule has 120 valence electrons. The van der Waals surface area contributed by atoms with Gasteiger partial charge in [0.1, 0.15) is 0 Å². The molecule has 0 aliphatic carbocycles. The molecular weight excluding hydrogens is 316 g/mol. The van der Waals surface area contributed by atoms with Gasteiger partial charge in [-0.15, -0.1) is 0 Å². The smallest absolute Gasteiger partial charge is 0.243 e. The number of hydrogen-bond acceptors (Lipinski definition) is 4. The minimum absolute atomic E-state index is 0.105. The largest absolute Gasteiger partial charge is 0.336 e. The van der Waals surface area contributed by atoms with Crippen LogP contribution in [0.25, 0.3) is 0 Å². The predicted molar refractivity (Wildman–Crippen MR) is 83.3 cm³/mol. The molecule has 23 heavy (non-hydrogen) atoms. The summed E-state index contributed by atoms with van der Waals surface area (Å²) in [5.74, 6) is -0.105. The minimum atomic E-state index is -3.59. The first-order chi connectivity index (χ1) is 10.9. The highest BCUT2D eigenvalue weighted by atomic mass is 32.2. The average Bonchev–Trinajstić information content (AvgIpc) is 3.08. The quantitative estimate of drug-likeness (QED) is 0.876. The lowest BCUT2D eigenvalue weighted by Crippen LogP contribution is -2.36. The summed E-state index contributed by atoms with van der Waals surface area (Å²) in [5.41, 5.74) is 3.32. The standard InChI is InChI=1S/C15H16N4O3S/c1-18-9-16-13-4-5-19(8-14(13)18)23(21,22)11-2-3-12-10(6-11)7-15(20)17-12/h2-3,6,9H,4-5,7-8H2,1H3,(H,17,20). The zero-order valence-corrected chi connectivity index (χ0v) is 13.4. The number of amides is 1. The molecule has 0 saturated carbocycles. The maximum absolute atomic E-state index is 12.9. The van der Waals surface area contributed by atoms with Crippen molar-refractivity contribution < 1.29 is 13.2 Å². The number of nitrogens with zero attached hydrogens (tertiary/aromatic N) is 3. The van der Waals surface area contributed by atoms with Crippen molar-refractivity contribution in [2.24, 2.45) is 7.05 Å². The molecule has 0 bridgehead atoms. The van der Waals surface area contributed by atoms with E-state index < -0.39 is 10.0 Å². The van der Waals surface area contributed by atoms with Crippen LogP contribution in [0.1, 0.15) is 17.0 Å². The van der Waals surface area contributed by atoms with Crippen molar-refractivity contribution in [1.82, 2.24) is 13.9 Å². The lowest BCUT2D eigenvalue weighted by molar-refractivity contribution is -0.115. The molecule has 2 aliphatic heterocycles. The van der Waals surface area contributed by atoms with Crippen LogP contribution in [0.15, 0.2) is 29.4 Å². The molecule has 0 radical (unpaired) electrons. The molecule has 2 aliphatic rings. The number of carbonyl (C=O) groups is 1. The number of anilines is 1. The Morgan fingerprint density at radius 2 is 2.13 bits per heavy atom. The predicted octanol–water partition coefficient (Wildman–Crippen LogP) is 0.662. The Morgan fingerprint density at radius 1 is 1.30 bits per heavy atom. The zero-order valence-electron chi connectivity index (χ0n) is 12.6. The van der Waals surface area contributed by atoms with Gasteiger partial charge in [0.05, 0.1) is 35.6 Å². The highest BCUT2D eigenvalue weighted by Gasteiger charge is 2.31. The van der Waals surface area contributed by atoms with Crippen LogP contribution in [0.3, 0.4) is 0 Å². The van der Waals surface area contributed by atoms with E-state index in [0.717, 1.165) is 17.0 Å². The number of aryl methyl sites for hydroxylation is 1. The van der Waals surface area contributed by atoms with Crippen LogP contribution >= 0.6 is 0 Å². The molecular formula is C15H16N4O3S. The fourth-order valence-corrected chi connectivity index (χ4v) is 4.57. The highest BCUT2D eigenvalue weighted by Crippen LogP contribution is 2.29. The lowest BCUT2D eigenvalue weighted by Gasteiger charge is -2.26. The van der Waals surface area contributed by atoms with Crippen molar-refractivity contribution in [3.8, 4) is 0 Å². The number of rotatable bonds is 2. The molecule has 7 nitrogen and oxygen atoms in total. The second-order valence-corrected chi connectivity index (χ2v) is 7.82. The van der Waals surface area contributed by atoms with Gasteiger partial charge in [-0.05, 0) is 23.8 Å². The maximum Gasteiger partial charge on any atom is 0.243 e. The van der Waals surface area contributed by atoms with Gasteiger partial charge in [0.15, 0.2) is 0 Å². The van der Waals surface area contributed by atoms with E-state index in [1.807, 2.05) is 11.6 Å².